The van der Waals surface area contributed by atoms with Gasteiger partial charge in [0.15, 0.2) is 23.3 Å². The Balaban J connectivity index is 1.99. The lowest BCUT2D eigenvalue weighted by Gasteiger charge is -2.31. The number of hydrogen-bond acceptors (Lipinski definition) is 2. The summed E-state index contributed by atoms with van der Waals surface area (Å²) in [6.45, 7) is 3.51. The van der Waals surface area contributed by atoms with Crippen molar-refractivity contribution in [1.29, 1.82) is 0 Å². The molecule has 0 bridgehead atoms. The highest BCUT2D eigenvalue weighted by molar-refractivity contribution is 5.66. The van der Waals surface area contributed by atoms with E-state index in [4.69, 9.17) is 0 Å². The Morgan fingerprint density at radius 1 is 0.852 bits per heavy atom. The summed E-state index contributed by atoms with van der Waals surface area (Å²) in [4.78, 5) is 4.51. The highest BCUT2D eigenvalue weighted by atomic mass is 19.2. The van der Waals surface area contributed by atoms with Crippen LogP contribution in [0.15, 0.2) is 24.3 Å². The van der Waals surface area contributed by atoms with E-state index >= 15 is 0 Å². The van der Waals surface area contributed by atoms with Crippen molar-refractivity contribution in [1.82, 2.24) is 0 Å². The maximum atomic E-state index is 14.7. The van der Waals surface area contributed by atoms with Gasteiger partial charge < -0.3 is 0 Å². The lowest BCUT2D eigenvalue weighted by Crippen LogP contribution is -2.22. The van der Waals surface area contributed by atoms with Crippen molar-refractivity contribution < 1.29 is 27.7 Å². The van der Waals surface area contributed by atoms with Gasteiger partial charge in [0.2, 0.25) is 0 Å². The molecule has 0 heterocycles. The van der Waals surface area contributed by atoms with E-state index in [0.717, 1.165) is 25.7 Å². The van der Waals surface area contributed by atoms with Gasteiger partial charge in [-0.15, -0.1) is 0 Å². The summed E-state index contributed by atoms with van der Waals surface area (Å²) in [5, 5.41) is 9.31. The van der Waals surface area contributed by atoms with Crippen LogP contribution in [0.25, 0.3) is 11.1 Å². The normalized spacial score (nSPS) is 21.3. The second-order valence-electron chi connectivity index (χ2n) is 7.43. The molecule has 0 radical (unpaired) electrons. The Hall–Kier alpha value is -1.92. The van der Waals surface area contributed by atoms with Gasteiger partial charge in [0.05, 0.1) is 0 Å². The Labute approximate surface area is 155 Å². The van der Waals surface area contributed by atoms with Gasteiger partial charge in [0.1, 0.15) is 6.10 Å². The first-order valence-corrected chi connectivity index (χ1v) is 9.08. The first kappa shape index (κ1) is 19.8. The molecule has 1 fully saturated rings. The lowest BCUT2D eigenvalue weighted by atomic mass is 9.78. The van der Waals surface area contributed by atoms with E-state index in [1.54, 1.807) is 0 Å². The van der Waals surface area contributed by atoms with E-state index in [0.29, 0.717) is 5.92 Å². The second kappa shape index (κ2) is 7.98. The van der Waals surface area contributed by atoms with Gasteiger partial charge in [-0.1, -0.05) is 44.0 Å². The van der Waals surface area contributed by atoms with E-state index < -0.39 is 29.4 Å². The minimum Gasteiger partial charge on any atom is -0.251 e. The van der Waals surface area contributed by atoms with Crippen molar-refractivity contribution in [3.8, 4) is 11.1 Å². The summed E-state index contributed by atoms with van der Waals surface area (Å²) in [6.07, 6.45) is 2.29. The summed E-state index contributed by atoms with van der Waals surface area (Å²) in [5.41, 5.74) is -0.768. The number of hydrogen-bond donors (Lipinski definition) is 1. The van der Waals surface area contributed by atoms with Gasteiger partial charge in [0.25, 0.3) is 0 Å². The Kier molecular flexibility index (Phi) is 5.86. The molecule has 3 rings (SSSR count). The molecule has 146 valence electrons. The summed E-state index contributed by atoms with van der Waals surface area (Å²) in [6, 6.07) is 4.98. The largest absolute Gasteiger partial charge is 0.251 e. The third-order valence-corrected chi connectivity index (χ3v) is 5.59. The van der Waals surface area contributed by atoms with Crippen LogP contribution < -0.4 is 0 Å². The zero-order valence-electron chi connectivity index (χ0n) is 15.2. The van der Waals surface area contributed by atoms with Crippen LogP contribution in [0.3, 0.4) is 0 Å². The van der Waals surface area contributed by atoms with E-state index in [-0.39, 0.29) is 28.2 Å². The van der Waals surface area contributed by atoms with Crippen molar-refractivity contribution in [3.63, 3.8) is 0 Å². The molecular formula is C21H22F4O2. The molecular weight excluding hydrogens is 360 g/mol. The second-order valence-corrected chi connectivity index (χ2v) is 7.43. The third kappa shape index (κ3) is 3.73. The van der Waals surface area contributed by atoms with Crippen molar-refractivity contribution in [3.05, 3.63) is 58.7 Å². The summed E-state index contributed by atoms with van der Waals surface area (Å²) in [5.74, 6) is -4.42. The number of halogens is 4. The fourth-order valence-corrected chi connectivity index (χ4v) is 3.83. The van der Waals surface area contributed by atoms with Crippen LogP contribution in [0.5, 0.6) is 0 Å². The van der Waals surface area contributed by atoms with Crippen LogP contribution in [0, 0.1) is 42.0 Å². The highest BCUT2D eigenvalue weighted by Gasteiger charge is 2.32. The van der Waals surface area contributed by atoms with Crippen molar-refractivity contribution in [2.75, 3.05) is 0 Å². The minimum absolute atomic E-state index is 0.0778. The fraction of sp³-hybridized carbons (Fsp3) is 0.429. The average Bonchev–Trinajstić information content (AvgIpc) is 2.66. The van der Waals surface area contributed by atoms with Gasteiger partial charge in [-0.25, -0.2) is 22.4 Å². The molecule has 0 saturated heterocycles. The lowest BCUT2D eigenvalue weighted by molar-refractivity contribution is -0.296. The zero-order chi connectivity index (χ0) is 19.7. The Bertz CT molecular complexity index is 829. The molecule has 0 spiro atoms. The van der Waals surface area contributed by atoms with Gasteiger partial charge in [-0.05, 0) is 37.2 Å². The maximum Gasteiger partial charge on any atom is 0.167 e. The molecule has 0 aromatic heterocycles. The van der Waals surface area contributed by atoms with Crippen LogP contribution in [0.4, 0.5) is 17.6 Å². The molecule has 1 N–H and O–H groups in total. The molecule has 1 unspecified atom stereocenters. The monoisotopic (exact) mass is 382 g/mol. The van der Waals surface area contributed by atoms with Crippen LogP contribution in [0.1, 0.15) is 49.8 Å². The van der Waals surface area contributed by atoms with Gasteiger partial charge in [0, 0.05) is 16.7 Å². The van der Waals surface area contributed by atoms with Crippen LogP contribution >= 0.6 is 0 Å². The average molecular weight is 382 g/mol. The van der Waals surface area contributed by atoms with Crippen LogP contribution in [-0.2, 0) is 4.89 Å². The standard InChI is InChI=1S/C21H22F4O2/c1-11-3-6-13(7-4-11)21(27-26)16-10-9-15(19(24)20(16)25)14-8-5-12(2)17(22)18(14)23/h5,8-11,13,21,26H,3-4,6-7H2,1-2H3. The molecule has 2 nitrogen and oxygen atoms in total. The highest BCUT2D eigenvalue weighted by Crippen LogP contribution is 2.41. The van der Waals surface area contributed by atoms with E-state index in [9.17, 15) is 22.8 Å². The van der Waals surface area contributed by atoms with Crippen LogP contribution in [0.2, 0.25) is 0 Å². The molecule has 1 aliphatic carbocycles. The van der Waals surface area contributed by atoms with Crippen molar-refractivity contribution >= 4 is 0 Å². The molecule has 0 amide bonds. The summed E-state index contributed by atoms with van der Waals surface area (Å²) < 4.78 is 57.4. The molecule has 2 aromatic rings. The minimum atomic E-state index is -1.29. The molecule has 1 atom stereocenters. The molecule has 27 heavy (non-hydrogen) atoms. The molecule has 1 aliphatic rings. The Morgan fingerprint density at radius 2 is 1.41 bits per heavy atom. The zero-order valence-corrected chi connectivity index (χ0v) is 15.2. The first-order valence-electron chi connectivity index (χ1n) is 9.08. The van der Waals surface area contributed by atoms with E-state index in [1.807, 2.05) is 0 Å². The first-order chi connectivity index (χ1) is 12.8. The third-order valence-electron chi connectivity index (χ3n) is 5.59. The topological polar surface area (TPSA) is 29.5 Å². The molecule has 0 aliphatic heterocycles. The molecule has 2 aromatic carbocycles. The molecule has 6 heteroatoms. The number of benzene rings is 2. The predicted octanol–water partition coefficient (Wildman–Crippen LogP) is 6.58. The quantitative estimate of drug-likeness (QED) is 0.368. The number of rotatable bonds is 4. The van der Waals surface area contributed by atoms with Crippen molar-refractivity contribution in [2.45, 2.75) is 45.6 Å². The smallest absolute Gasteiger partial charge is 0.167 e. The Morgan fingerprint density at radius 3 is 2.00 bits per heavy atom. The SMILES string of the molecule is Cc1ccc(-c2ccc(C(OO)C3CCC(C)CC3)c(F)c2F)c(F)c1F. The van der Waals surface area contributed by atoms with Gasteiger partial charge in [-0.3, -0.25) is 5.26 Å². The fourth-order valence-electron chi connectivity index (χ4n) is 3.83. The summed E-state index contributed by atoms with van der Waals surface area (Å²) >= 11 is 0. The van der Waals surface area contributed by atoms with Gasteiger partial charge in [-0.2, -0.15) is 0 Å². The number of aryl methyl sites for hydroxylation is 1. The van der Waals surface area contributed by atoms with E-state index in [1.165, 1.54) is 31.2 Å². The molecule has 1 saturated carbocycles. The maximum absolute atomic E-state index is 14.7. The van der Waals surface area contributed by atoms with Gasteiger partial charge >= 0.3 is 0 Å². The van der Waals surface area contributed by atoms with Crippen molar-refractivity contribution in [2.24, 2.45) is 11.8 Å². The van der Waals surface area contributed by atoms with E-state index in [2.05, 4.69) is 11.8 Å². The summed E-state index contributed by atoms with van der Waals surface area (Å²) in [7, 11) is 0. The predicted molar refractivity (Wildman–Crippen MR) is 94.0 cm³/mol. The van der Waals surface area contributed by atoms with Crippen LogP contribution in [-0.4, -0.2) is 5.26 Å².